The smallest absolute Gasteiger partial charge is 0.231 e. The number of hydrogen-bond acceptors (Lipinski definition) is 6. The Hall–Kier alpha value is -2.34. The van der Waals surface area contributed by atoms with E-state index in [1.54, 1.807) is 12.4 Å². The number of nitrogens with two attached hydrogens (primary N) is 1. The zero-order chi connectivity index (χ0) is 14.8. The van der Waals surface area contributed by atoms with E-state index < -0.39 is 0 Å². The minimum atomic E-state index is -0.0224. The van der Waals surface area contributed by atoms with Crippen molar-refractivity contribution in [3.8, 4) is 11.4 Å². The fraction of sp³-hybridized carbons (Fsp3) is 0.333. The molecule has 3 aromatic rings. The second-order valence-electron chi connectivity index (χ2n) is 5.09. The summed E-state index contributed by atoms with van der Waals surface area (Å²) in [6, 6.07) is 5.70. The van der Waals surface area contributed by atoms with Crippen LogP contribution < -0.4 is 5.73 Å². The average molecular weight is 283 g/mol. The number of hydrogen-bond donors (Lipinski definition) is 1. The van der Waals surface area contributed by atoms with Crippen molar-refractivity contribution in [1.29, 1.82) is 0 Å². The maximum Gasteiger partial charge on any atom is 0.231 e. The molecule has 21 heavy (non-hydrogen) atoms. The van der Waals surface area contributed by atoms with E-state index in [9.17, 15) is 0 Å². The van der Waals surface area contributed by atoms with Gasteiger partial charge in [0.1, 0.15) is 0 Å². The third-order valence-electron chi connectivity index (χ3n) is 3.56. The van der Waals surface area contributed by atoms with Crippen LogP contribution in [0.5, 0.6) is 0 Å². The van der Waals surface area contributed by atoms with Crippen LogP contribution in [0, 0.1) is 0 Å². The Bertz CT molecular complexity index is 752. The van der Waals surface area contributed by atoms with Gasteiger partial charge in [0.05, 0.1) is 17.0 Å². The Kier molecular flexibility index (Phi) is 3.62. The summed E-state index contributed by atoms with van der Waals surface area (Å²) in [5.41, 5.74) is 8.46. The molecule has 2 unspecified atom stereocenters. The lowest BCUT2D eigenvalue weighted by Crippen LogP contribution is -2.24. The molecule has 6 nitrogen and oxygen atoms in total. The summed E-state index contributed by atoms with van der Waals surface area (Å²) in [4.78, 5) is 13.0. The maximum atomic E-state index is 5.96. The molecule has 2 N–H and O–H groups in total. The highest BCUT2D eigenvalue weighted by Gasteiger charge is 2.21. The first-order valence-electron chi connectivity index (χ1n) is 6.99. The molecule has 2 aromatic heterocycles. The van der Waals surface area contributed by atoms with Gasteiger partial charge < -0.3 is 10.3 Å². The Balaban J connectivity index is 1.97. The van der Waals surface area contributed by atoms with Gasteiger partial charge in [-0.1, -0.05) is 12.1 Å². The van der Waals surface area contributed by atoms with Crippen LogP contribution in [0.1, 0.15) is 32.1 Å². The molecule has 3 rings (SSSR count). The van der Waals surface area contributed by atoms with Gasteiger partial charge in [-0.3, -0.25) is 9.97 Å². The molecule has 1 aromatic carbocycles. The summed E-state index contributed by atoms with van der Waals surface area (Å²) in [6.45, 7) is 4.01. The monoisotopic (exact) mass is 283 g/mol. The molecule has 0 bridgehead atoms. The lowest BCUT2D eigenvalue weighted by molar-refractivity contribution is 0.334. The van der Waals surface area contributed by atoms with Crippen LogP contribution in [0.2, 0.25) is 0 Å². The number of aromatic nitrogens is 4. The van der Waals surface area contributed by atoms with Crippen LogP contribution in [0.3, 0.4) is 0 Å². The van der Waals surface area contributed by atoms with E-state index in [0.717, 1.165) is 23.0 Å². The summed E-state index contributed by atoms with van der Waals surface area (Å²) in [5, 5.41) is 4.05. The highest BCUT2D eigenvalue weighted by Crippen LogP contribution is 2.25. The minimum Gasteiger partial charge on any atom is -0.339 e. The first-order chi connectivity index (χ1) is 10.2. The summed E-state index contributed by atoms with van der Waals surface area (Å²) < 4.78 is 5.37. The van der Waals surface area contributed by atoms with E-state index in [1.165, 1.54) is 0 Å². The summed E-state index contributed by atoms with van der Waals surface area (Å²) in [6.07, 6.45) is 4.20. The van der Waals surface area contributed by atoms with E-state index in [-0.39, 0.29) is 12.0 Å². The van der Waals surface area contributed by atoms with Crippen molar-refractivity contribution in [3.63, 3.8) is 0 Å². The zero-order valence-corrected chi connectivity index (χ0v) is 12.0. The number of fused-ring (bicyclic) bond motifs is 1. The van der Waals surface area contributed by atoms with Crippen molar-refractivity contribution >= 4 is 11.0 Å². The standard InChI is InChI=1S/C15H17N5O/c1-3-11(9(2)16)15-19-14(20-21-15)10-4-5-12-13(8-10)18-7-6-17-12/h4-9,11H,3,16H2,1-2H3. The fourth-order valence-corrected chi connectivity index (χ4v) is 2.38. The molecular formula is C15H17N5O. The molecular weight excluding hydrogens is 266 g/mol. The van der Waals surface area contributed by atoms with Crippen molar-refractivity contribution < 1.29 is 4.52 Å². The van der Waals surface area contributed by atoms with Crippen LogP contribution in [0.25, 0.3) is 22.4 Å². The molecule has 0 aliphatic rings. The van der Waals surface area contributed by atoms with E-state index in [0.29, 0.717) is 11.7 Å². The summed E-state index contributed by atoms with van der Waals surface area (Å²) >= 11 is 0. The lowest BCUT2D eigenvalue weighted by atomic mass is 9.99. The molecule has 2 atom stereocenters. The third-order valence-corrected chi connectivity index (χ3v) is 3.56. The molecule has 0 saturated heterocycles. The molecule has 6 heteroatoms. The summed E-state index contributed by atoms with van der Waals surface area (Å²) in [7, 11) is 0. The Morgan fingerprint density at radius 3 is 2.67 bits per heavy atom. The number of rotatable bonds is 4. The lowest BCUT2D eigenvalue weighted by Gasteiger charge is -2.13. The van der Waals surface area contributed by atoms with Crippen molar-refractivity contribution in [3.05, 3.63) is 36.5 Å². The average Bonchev–Trinajstić information content (AvgIpc) is 2.96. The van der Waals surface area contributed by atoms with Gasteiger partial charge in [-0.05, 0) is 31.5 Å². The predicted molar refractivity (Wildman–Crippen MR) is 79.5 cm³/mol. The van der Waals surface area contributed by atoms with Gasteiger partial charge in [-0.25, -0.2) is 0 Å². The van der Waals surface area contributed by atoms with Crippen molar-refractivity contribution in [2.24, 2.45) is 5.73 Å². The SMILES string of the molecule is CCC(c1nc(-c2ccc3nccnc3c2)no1)C(C)N. The fourth-order valence-electron chi connectivity index (χ4n) is 2.38. The second kappa shape index (κ2) is 5.57. The van der Waals surface area contributed by atoms with Gasteiger partial charge in [0.2, 0.25) is 11.7 Å². The van der Waals surface area contributed by atoms with Crippen LogP contribution in [0.15, 0.2) is 35.1 Å². The van der Waals surface area contributed by atoms with Crippen molar-refractivity contribution in [1.82, 2.24) is 20.1 Å². The van der Waals surface area contributed by atoms with Crippen LogP contribution in [0.4, 0.5) is 0 Å². The normalized spacial score (nSPS) is 14.2. The van der Waals surface area contributed by atoms with Gasteiger partial charge in [-0.2, -0.15) is 4.98 Å². The second-order valence-corrected chi connectivity index (χ2v) is 5.09. The van der Waals surface area contributed by atoms with E-state index in [2.05, 4.69) is 27.0 Å². The van der Waals surface area contributed by atoms with E-state index >= 15 is 0 Å². The highest BCUT2D eigenvalue weighted by molar-refractivity contribution is 5.79. The molecule has 0 fully saturated rings. The third kappa shape index (κ3) is 2.62. The van der Waals surface area contributed by atoms with E-state index in [1.807, 2.05) is 25.1 Å². The van der Waals surface area contributed by atoms with Gasteiger partial charge in [-0.15, -0.1) is 0 Å². The van der Waals surface area contributed by atoms with Crippen LogP contribution >= 0.6 is 0 Å². The van der Waals surface area contributed by atoms with Crippen LogP contribution in [-0.4, -0.2) is 26.2 Å². The Morgan fingerprint density at radius 1 is 1.19 bits per heavy atom. The molecule has 0 aliphatic heterocycles. The molecule has 0 radical (unpaired) electrons. The van der Waals surface area contributed by atoms with Gasteiger partial charge >= 0.3 is 0 Å². The highest BCUT2D eigenvalue weighted by atomic mass is 16.5. The van der Waals surface area contributed by atoms with Gasteiger partial charge in [0.25, 0.3) is 0 Å². The largest absolute Gasteiger partial charge is 0.339 e. The predicted octanol–water partition coefficient (Wildman–Crippen LogP) is 2.52. The molecule has 0 spiro atoms. The quantitative estimate of drug-likeness (QED) is 0.791. The Labute approximate surface area is 122 Å². The molecule has 0 amide bonds. The Morgan fingerprint density at radius 2 is 1.95 bits per heavy atom. The van der Waals surface area contributed by atoms with Crippen molar-refractivity contribution in [2.45, 2.75) is 32.2 Å². The first-order valence-corrected chi connectivity index (χ1v) is 6.99. The zero-order valence-electron chi connectivity index (χ0n) is 12.0. The topological polar surface area (TPSA) is 90.7 Å². The first kappa shape index (κ1) is 13.6. The number of benzene rings is 1. The number of nitrogens with zero attached hydrogens (tertiary/aromatic N) is 4. The van der Waals surface area contributed by atoms with Gasteiger partial charge in [0.15, 0.2) is 0 Å². The van der Waals surface area contributed by atoms with Crippen LogP contribution in [-0.2, 0) is 0 Å². The summed E-state index contributed by atoms with van der Waals surface area (Å²) in [5.74, 6) is 1.21. The molecule has 2 heterocycles. The van der Waals surface area contributed by atoms with Gasteiger partial charge in [0, 0.05) is 24.0 Å². The molecule has 0 saturated carbocycles. The minimum absolute atomic E-state index is 0.0224. The maximum absolute atomic E-state index is 5.96. The van der Waals surface area contributed by atoms with E-state index in [4.69, 9.17) is 10.3 Å². The molecule has 0 aliphatic carbocycles. The molecule has 108 valence electrons. The van der Waals surface area contributed by atoms with Crippen molar-refractivity contribution in [2.75, 3.05) is 0 Å².